The molecular formula is C18H23Cl2N5O3. The fraction of sp³-hybridized carbons (Fsp3) is 0.444. The molecule has 0 atom stereocenters. The van der Waals surface area contributed by atoms with Gasteiger partial charge in [-0.25, -0.2) is 9.79 Å². The highest BCUT2D eigenvalue weighted by molar-refractivity contribution is 6.42. The van der Waals surface area contributed by atoms with Crippen LogP contribution >= 0.6 is 23.2 Å². The van der Waals surface area contributed by atoms with Crippen molar-refractivity contribution in [2.45, 2.75) is 39.7 Å². The molecule has 1 aliphatic rings. The summed E-state index contributed by atoms with van der Waals surface area (Å²) >= 11 is 12.0. The van der Waals surface area contributed by atoms with Crippen LogP contribution in [0.3, 0.4) is 0 Å². The second-order valence-electron chi connectivity index (χ2n) is 6.35. The third kappa shape index (κ3) is 6.38. The maximum atomic E-state index is 12.1. The molecule has 0 unspecified atom stereocenters. The summed E-state index contributed by atoms with van der Waals surface area (Å²) in [6, 6.07) is 4.79. The first kappa shape index (κ1) is 22.0. The van der Waals surface area contributed by atoms with Crippen LogP contribution in [0.1, 0.15) is 33.6 Å². The van der Waals surface area contributed by atoms with E-state index in [2.05, 4.69) is 20.6 Å². The van der Waals surface area contributed by atoms with Gasteiger partial charge < -0.3 is 9.64 Å². The summed E-state index contributed by atoms with van der Waals surface area (Å²) in [7, 11) is 0. The van der Waals surface area contributed by atoms with Crippen LogP contribution < -0.4 is 10.6 Å². The van der Waals surface area contributed by atoms with Crippen LogP contribution in [0.15, 0.2) is 28.2 Å². The number of alkyl carbamates (subject to hydrolysis) is 1. The minimum atomic E-state index is -0.683. The van der Waals surface area contributed by atoms with Crippen molar-refractivity contribution in [2.75, 3.05) is 13.2 Å². The molecule has 152 valence electrons. The molecule has 28 heavy (non-hydrogen) atoms. The first-order valence-corrected chi connectivity index (χ1v) is 9.68. The number of benzene rings is 1. The fourth-order valence-corrected chi connectivity index (χ4v) is 2.57. The molecule has 0 aromatic heterocycles. The number of halogens is 2. The van der Waals surface area contributed by atoms with E-state index in [4.69, 9.17) is 27.9 Å². The SMILES string of the molecule is CCCCOC(=O)NC(=Nc1ccc(Cl)c(Cl)c1)N=C1NC(=O)CN1C(C)C. The molecule has 0 spiro atoms. The number of amides is 2. The molecule has 0 aliphatic carbocycles. The van der Waals surface area contributed by atoms with E-state index >= 15 is 0 Å². The number of rotatable bonds is 5. The molecular weight excluding hydrogens is 405 g/mol. The molecule has 2 rings (SSSR count). The van der Waals surface area contributed by atoms with Crippen molar-refractivity contribution in [1.82, 2.24) is 15.5 Å². The standard InChI is InChI=1S/C18H23Cl2N5O3/c1-4-5-8-28-18(27)24-16(21-12-6-7-13(19)14(20)9-12)23-17-22-15(26)10-25(17)11(2)3/h6-7,9,11H,4-5,8,10H2,1-3H3,(H2,21,22,23,24,26,27). The summed E-state index contributed by atoms with van der Waals surface area (Å²) in [6.45, 7) is 6.31. The number of nitrogens with one attached hydrogen (secondary N) is 2. The van der Waals surface area contributed by atoms with Crippen molar-refractivity contribution in [3.8, 4) is 0 Å². The molecule has 1 fully saturated rings. The topological polar surface area (TPSA) is 95.4 Å². The van der Waals surface area contributed by atoms with Crippen molar-refractivity contribution in [2.24, 2.45) is 9.98 Å². The number of hydrogen-bond acceptors (Lipinski definition) is 4. The quantitative estimate of drug-likeness (QED) is 0.425. The van der Waals surface area contributed by atoms with Gasteiger partial charge in [-0.05, 0) is 38.5 Å². The smallest absolute Gasteiger partial charge is 0.414 e. The normalized spacial score (nSPS) is 15.9. The number of guanidine groups is 2. The van der Waals surface area contributed by atoms with E-state index in [0.717, 1.165) is 12.8 Å². The number of nitrogens with zero attached hydrogens (tertiary/aromatic N) is 3. The van der Waals surface area contributed by atoms with Gasteiger partial charge >= 0.3 is 6.09 Å². The maximum absolute atomic E-state index is 12.1. The van der Waals surface area contributed by atoms with Gasteiger partial charge in [0.25, 0.3) is 0 Å². The Bertz CT molecular complexity index is 795. The summed E-state index contributed by atoms with van der Waals surface area (Å²) in [6.07, 6.45) is 0.963. The van der Waals surface area contributed by atoms with Crippen LogP contribution in [-0.2, 0) is 9.53 Å². The number of aliphatic imine (C=N–C) groups is 2. The summed E-state index contributed by atoms with van der Waals surface area (Å²) in [5, 5.41) is 5.87. The highest BCUT2D eigenvalue weighted by Crippen LogP contribution is 2.26. The molecule has 2 amide bonds. The van der Waals surface area contributed by atoms with Gasteiger partial charge in [0.05, 0.1) is 22.3 Å². The molecule has 0 bridgehead atoms. The lowest BCUT2D eigenvalue weighted by molar-refractivity contribution is -0.118. The highest BCUT2D eigenvalue weighted by atomic mass is 35.5. The Morgan fingerprint density at radius 1 is 1.36 bits per heavy atom. The van der Waals surface area contributed by atoms with Crippen molar-refractivity contribution < 1.29 is 14.3 Å². The van der Waals surface area contributed by atoms with Gasteiger partial charge in [-0.15, -0.1) is 0 Å². The second-order valence-corrected chi connectivity index (χ2v) is 7.17. The van der Waals surface area contributed by atoms with Gasteiger partial charge in [0.15, 0.2) is 0 Å². The fourth-order valence-electron chi connectivity index (χ4n) is 2.28. The molecule has 0 radical (unpaired) electrons. The van der Waals surface area contributed by atoms with Gasteiger partial charge in [0, 0.05) is 6.04 Å². The monoisotopic (exact) mass is 427 g/mol. The number of carbonyl (C=O) groups is 2. The second kappa shape index (κ2) is 10.3. The average Bonchev–Trinajstić information content (AvgIpc) is 2.99. The number of carbonyl (C=O) groups excluding carboxylic acids is 2. The molecule has 2 N–H and O–H groups in total. The Balaban J connectivity index is 2.31. The van der Waals surface area contributed by atoms with E-state index in [0.29, 0.717) is 21.7 Å². The van der Waals surface area contributed by atoms with Crippen LogP contribution in [-0.4, -0.2) is 48.0 Å². The Morgan fingerprint density at radius 2 is 2.11 bits per heavy atom. The Morgan fingerprint density at radius 3 is 2.75 bits per heavy atom. The lowest BCUT2D eigenvalue weighted by Gasteiger charge is -2.20. The van der Waals surface area contributed by atoms with Crippen LogP contribution in [0, 0.1) is 0 Å². The number of unbranched alkanes of at least 4 members (excludes halogenated alkanes) is 1. The molecule has 1 aromatic carbocycles. The number of hydrogen-bond donors (Lipinski definition) is 2. The summed E-state index contributed by atoms with van der Waals surface area (Å²) < 4.78 is 5.11. The van der Waals surface area contributed by atoms with Crippen molar-refractivity contribution in [3.63, 3.8) is 0 Å². The first-order valence-electron chi connectivity index (χ1n) is 8.92. The van der Waals surface area contributed by atoms with E-state index in [9.17, 15) is 9.59 Å². The van der Waals surface area contributed by atoms with Gasteiger partial charge in [-0.3, -0.25) is 15.4 Å². The maximum Gasteiger partial charge on any atom is 0.414 e. The third-order valence-electron chi connectivity index (χ3n) is 3.76. The zero-order valence-corrected chi connectivity index (χ0v) is 17.5. The molecule has 8 nitrogen and oxygen atoms in total. The Labute approximate surface area is 173 Å². The van der Waals surface area contributed by atoms with E-state index in [-0.39, 0.29) is 31.1 Å². The highest BCUT2D eigenvalue weighted by Gasteiger charge is 2.27. The molecule has 0 saturated carbocycles. The minimum Gasteiger partial charge on any atom is -0.449 e. The van der Waals surface area contributed by atoms with Crippen LogP contribution in [0.25, 0.3) is 0 Å². The van der Waals surface area contributed by atoms with E-state index in [1.54, 1.807) is 23.1 Å². The van der Waals surface area contributed by atoms with Crippen LogP contribution in [0.2, 0.25) is 10.0 Å². The zero-order valence-electron chi connectivity index (χ0n) is 16.0. The average molecular weight is 428 g/mol. The minimum absolute atomic E-state index is 0.0282. The van der Waals surface area contributed by atoms with Gasteiger partial charge in [-0.2, -0.15) is 4.99 Å². The molecule has 1 aromatic rings. The van der Waals surface area contributed by atoms with Gasteiger partial charge in [-0.1, -0.05) is 36.5 Å². The Hall–Kier alpha value is -2.32. The van der Waals surface area contributed by atoms with Crippen LogP contribution in [0.5, 0.6) is 0 Å². The van der Waals surface area contributed by atoms with E-state index < -0.39 is 6.09 Å². The summed E-state index contributed by atoms with van der Waals surface area (Å²) in [5.74, 6) is 0.0715. The number of ether oxygens (including phenoxy) is 1. The van der Waals surface area contributed by atoms with Crippen LogP contribution in [0.4, 0.5) is 10.5 Å². The predicted molar refractivity (Wildman–Crippen MR) is 110 cm³/mol. The largest absolute Gasteiger partial charge is 0.449 e. The summed E-state index contributed by atoms with van der Waals surface area (Å²) in [5.41, 5.74) is 0.433. The lowest BCUT2D eigenvalue weighted by Crippen LogP contribution is -2.38. The third-order valence-corrected chi connectivity index (χ3v) is 4.49. The van der Waals surface area contributed by atoms with Crippen molar-refractivity contribution in [1.29, 1.82) is 0 Å². The molecule has 1 heterocycles. The predicted octanol–water partition coefficient (Wildman–Crippen LogP) is 3.70. The van der Waals surface area contributed by atoms with Crippen molar-refractivity contribution in [3.05, 3.63) is 28.2 Å². The van der Waals surface area contributed by atoms with E-state index in [1.807, 2.05) is 20.8 Å². The van der Waals surface area contributed by atoms with Gasteiger partial charge in [0.2, 0.25) is 17.8 Å². The van der Waals surface area contributed by atoms with E-state index in [1.165, 1.54) is 0 Å². The van der Waals surface area contributed by atoms with Crippen molar-refractivity contribution >= 4 is 52.8 Å². The summed E-state index contributed by atoms with van der Waals surface area (Å²) in [4.78, 5) is 34.2. The lowest BCUT2D eigenvalue weighted by atomic mass is 10.3. The first-order chi connectivity index (χ1) is 13.3. The zero-order chi connectivity index (χ0) is 20.7. The Kier molecular flexibility index (Phi) is 8.07. The molecule has 10 heteroatoms. The molecule has 1 aliphatic heterocycles. The van der Waals surface area contributed by atoms with Gasteiger partial charge in [0.1, 0.15) is 6.54 Å². The molecule has 1 saturated heterocycles.